The van der Waals surface area contributed by atoms with E-state index in [4.69, 9.17) is 10.5 Å². The number of aromatic nitrogens is 3. The summed E-state index contributed by atoms with van der Waals surface area (Å²) in [6.07, 6.45) is 8.29. The van der Waals surface area contributed by atoms with E-state index in [1.54, 1.807) is 18.5 Å². The molecule has 1 saturated heterocycles. The molecule has 4 aromatic rings. The summed E-state index contributed by atoms with van der Waals surface area (Å²) >= 11 is 0. The molecule has 8 nitrogen and oxygen atoms in total. The highest BCUT2D eigenvalue weighted by Crippen LogP contribution is 2.41. The van der Waals surface area contributed by atoms with Crippen LogP contribution in [-0.4, -0.2) is 68.7 Å². The van der Waals surface area contributed by atoms with Crippen LogP contribution in [0, 0.1) is 0 Å². The van der Waals surface area contributed by atoms with Crippen LogP contribution in [-0.2, 0) is 0 Å². The lowest BCUT2D eigenvalue weighted by Gasteiger charge is -2.41. The Morgan fingerprint density at radius 2 is 1.65 bits per heavy atom. The van der Waals surface area contributed by atoms with Crippen molar-refractivity contribution < 1.29 is 9.84 Å². The third kappa shape index (κ3) is 4.74. The second-order valence-electron chi connectivity index (χ2n) is 10.3. The highest BCUT2D eigenvalue weighted by molar-refractivity contribution is 6.01. The first-order chi connectivity index (χ1) is 18.1. The van der Waals surface area contributed by atoms with Crippen molar-refractivity contribution in [2.75, 3.05) is 39.0 Å². The number of nitrogens with two attached hydrogens (primary N) is 1. The summed E-state index contributed by atoms with van der Waals surface area (Å²) in [4.78, 5) is 14.0. The fourth-order valence-corrected chi connectivity index (χ4v) is 5.88. The Balaban J connectivity index is 1.26. The van der Waals surface area contributed by atoms with E-state index in [-0.39, 0.29) is 5.75 Å². The normalized spacial score (nSPS) is 21.3. The van der Waals surface area contributed by atoms with Crippen molar-refractivity contribution in [1.29, 1.82) is 0 Å². The zero-order chi connectivity index (χ0) is 25.4. The Morgan fingerprint density at radius 3 is 2.38 bits per heavy atom. The number of ether oxygens (including phenoxy) is 1. The molecular formula is C29H34N6O2. The van der Waals surface area contributed by atoms with Gasteiger partial charge in [0.1, 0.15) is 23.5 Å². The molecule has 192 valence electrons. The van der Waals surface area contributed by atoms with E-state index < -0.39 is 0 Å². The average Bonchev–Trinajstić information content (AvgIpc) is 3.32. The molecule has 37 heavy (non-hydrogen) atoms. The molecule has 2 aromatic heterocycles. The van der Waals surface area contributed by atoms with Crippen molar-refractivity contribution >= 4 is 16.9 Å². The van der Waals surface area contributed by atoms with Crippen molar-refractivity contribution in [2.45, 2.75) is 37.8 Å². The zero-order valence-corrected chi connectivity index (χ0v) is 21.3. The van der Waals surface area contributed by atoms with Gasteiger partial charge in [-0.05, 0) is 62.6 Å². The second-order valence-corrected chi connectivity index (χ2v) is 10.3. The number of phenols is 1. The van der Waals surface area contributed by atoms with Gasteiger partial charge < -0.3 is 25.0 Å². The Labute approximate surface area is 217 Å². The van der Waals surface area contributed by atoms with Gasteiger partial charge in [0.05, 0.1) is 5.39 Å². The van der Waals surface area contributed by atoms with Gasteiger partial charge in [-0.3, -0.25) is 4.90 Å². The molecule has 3 heterocycles. The largest absolute Gasteiger partial charge is 0.504 e. The first-order valence-corrected chi connectivity index (χ1v) is 13.2. The van der Waals surface area contributed by atoms with Crippen molar-refractivity contribution in [3.63, 3.8) is 0 Å². The number of benzene rings is 2. The summed E-state index contributed by atoms with van der Waals surface area (Å²) in [7, 11) is 2.21. The smallest absolute Gasteiger partial charge is 0.169 e. The van der Waals surface area contributed by atoms with Crippen LogP contribution < -0.4 is 10.5 Å². The number of hydrogen-bond acceptors (Lipinski definition) is 7. The Morgan fingerprint density at radius 1 is 0.919 bits per heavy atom. The number of anilines is 1. The number of nitrogens with zero attached hydrogens (tertiary/aromatic N) is 5. The molecule has 1 saturated carbocycles. The van der Waals surface area contributed by atoms with Gasteiger partial charge in [0.15, 0.2) is 11.5 Å². The Hall–Kier alpha value is -3.62. The molecular weight excluding hydrogens is 464 g/mol. The van der Waals surface area contributed by atoms with Gasteiger partial charge in [-0.25, -0.2) is 9.97 Å². The molecule has 2 aliphatic rings. The number of likely N-dealkylation sites (N-methyl/N-ethyl adjacent to an activating group) is 1. The molecule has 0 unspecified atom stereocenters. The molecule has 1 aliphatic carbocycles. The molecule has 0 radical (unpaired) electrons. The van der Waals surface area contributed by atoms with Crippen molar-refractivity contribution in [3.05, 3.63) is 61.1 Å². The molecule has 2 fully saturated rings. The fraction of sp³-hybridized carbons (Fsp3) is 0.379. The fourth-order valence-electron chi connectivity index (χ4n) is 5.88. The van der Waals surface area contributed by atoms with E-state index in [0.717, 1.165) is 48.1 Å². The van der Waals surface area contributed by atoms with Crippen molar-refractivity contribution in [2.24, 2.45) is 0 Å². The SMILES string of the molecule is CN1CCN(C2CCC(n3cc(-c4ccc(Oc5ccccc5)c(O)c4)c4c(N)ncnc43)CC2)CC1. The summed E-state index contributed by atoms with van der Waals surface area (Å²) in [6.45, 7) is 4.65. The lowest BCUT2D eigenvalue weighted by molar-refractivity contribution is 0.0828. The minimum atomic E-state index is 0.0744. The number of para-hydroxylation sites is 1. The molecule has 3 N–H and O–H groups in total. The van der Waals surface area contributed by atoms with Crippen LogP contribution in [0.25, 0.3) is 22.2 Å². The number of nitrogen functional groups attached to an aromatic ring is 1. The summed E-state index contributed by atoms with van der Waals surface area (Å²) in [5.41, 5.74) is 9.01. The van der Waals surface area contributed by atoms with Crippen LogP contribution in [0.4, 0.5) is 5.82 Å². The van der Waals surface area contributed by atoms with Gasteiger partial charge in [0.2, 0.25) is 0 Å². The number of fused-ring (bicyclic) bond motifs is 1. The highest BCUT2D eigenvalue weighted by Gasteiger charge is 2.30. The van der Waals surface area contributed by atoms with Crippen LogP contribution >= 0.6 is 0 Å². The number of rotatable bonds is 5. The minimum Gasteiger partial charge on any atom is -0.504 e. The number of aromatic hydroxyl groups is 1. The van der Waals surface area contributed by atoms with Crippen molar-refractivity contribution in [1.82, 2.24) is 24.3 Å². The predicted octanol–water partition coefficient (Wildman–Crippen LogP) is 4.91. The molecule has 2 aromatic carbocycles. The summed E-state index contributed by atoms with van der Waals surface area (Å²) < 4.78 is 8.15. The minimum absolute atomic E-state index is 0.0744. The van der Waals surface area contributed by atoms with Gasteiger partial charge in [0, 0.05) is 50.0 Å². The second kappa shape index (κ2) is 10.0. The van der Waals surface area contributed by atoms with E-state index in [1.807, 2.05) is 36.4 Å². The van der Waals surface area contributed by atoms with Crippen LogP contribution in [0.5, 0.6) is 17.2 Å². The van der Waals surface area contributed by atoms with Gasteiger partial charge in [-0.1, -0.05) is 24.3 Å². The quantitative estimate of drug-likeness (QED) is 0.404. The maximum absolute atomic E-state index is 10.8. The lowest BCUT2D eigenvalue weighted by Crippen LogP contribution is -2.49. The molecule has 0 bridgehead atoms. The maximum atomic E-state index is 10.8. The first-order valence-electron chi connectivity index (χ1n) is 13.2. The molecule has 0 atom stereocenters. The number of piperazine rings is 1. The van der Waals surface area contributed by atoms with Gasteiger partial charge in [0.25, 0.3) is 0 Å². The van der Waals surface area contributed by atoms with E-state index in [9.17, 15) is 5.11 Å². The van der Waals surface area contributed by atoms with Gasteiger partial charge >= 0.3 is 0 Å². The van der Waals surface area contributed by atoms with E-state index in [0.29, 0.717) is 29.4 Å². The molecule has 6 rings (SSSR count). The van der Waals surface area contributed by atoms with E-state index in [2.05, 4.69) is 37.6 Å². The number of phenolic OH excluding ortho intramolecular Hbond substituents is 1. The molecule has 0 amide bonds. The maximum Gasteiger partial charge on any atom is 0.169 e. The topological polar surface area (TPSA) is 92.7 Å². The third-order valence-electron chi connectivity index (χ3n) is 7.99. The van der Waals surface area contributed by atoms with Gasteiger partial charge in [-0.15, -0.1) is 0 Å². The van der Waals surface area contributed by atoms with Crippen LogP contribution in [0.3, 0.4) is 0 Å². The molecule has 0 spiro atoms. The summed E-state index contributed by atoms with van der Waals surface area (Å²) in [6, 6.07) is 16.0. The van der Waals surface area contributed by atoms with Gasteiger partial charge in [-0.2, -0.15) is 0 Å². The van der Waals surface area contributed by atoms with Crippen LogP contribution in [0.1, 0.15) is 31.7 Å². The van der Waals surface area contributed by atoms with Crippen molar-refractivity contribution in [3.8, 4) is 28.4 Å². The zero-order valence-electron chi connectivity index (χ0n) is 21.3. The molecule has 1 aliphatic heterocycles. The predicted molar refractivity (Wildman–Crippen MR) is 146 cm³/mol. The third-order valence-corrected chi connectivity index (χ3v) is 7.99. The van der Waals surface area contributed by atoms with Crippen LogP contribution in [0.15, 0.2) is 61.1 Å². The number of hydrogen-bond donors (Lipinski definition) is 2. The molecule has 8 heteroatoms. The Bertz CT molecular complexity index is 1370. The highest BCUT2D eigenvalue weighted by atomic mass is 16.5. The monoisotopic (exact) mass is 498 g/mol. The standard InChI is InChI=1S/C29H34N6O2/c1-33-13-15-34(16-14-33)21-8-10-22(11-9-21)35-18-24(27-28(30)31-19-32-29(27)35)20-7-12-26(25(36)17-20)37-23-5-3-2-4-6-23/h2-7,12,17-19,21-22,36H,8-11,13-16H2,1H3,(H2,30,31,32). The average molecular weight is 499 g/mol. The lowest BCUT2D eigenvalue weighted by atomic mass is 9.89. The van der Waals surface area contributed by atoms with E-state index in [1.165, 1.54) is 25.9 Å². The van der Waals surface area contributed by atoms with Crippen LogP contribution in [0.2, 0.25) is 0 Å². The Kier molecular flexibility index (Phi) is 6.44. The summed E-state index contributed by atoms with van der Waals surface area (Å²) in [5, 5.41) is 11.6. The summed E-state index contributed by atoms with van der Waals surface area (Å²) in [5.74, 6) is 1.61. The van der Waals surface area contributed by atoms with E-state index >= 15 is 0 Å². The first kappa shape index (κ1) is 23.8.